The van der Waals surface area contributed by atoms with Gasteiger partial charge in [0.05, 0.1) is 4.92 Å². The van der Waals surface area contributed by atoms with Gasteiger partial charge in [-0.1, -0.05) is 48.0 Å². The van der Waals surface area contributed by atoms with Gasteiger partial charge in [0.1, 0.15) is 11.6 Å². The molecule has 0 atom stereocenters. The van der Waals surface area contributed by atoms with Crippen molar-refractivity contribution >= 4 is 45.9 Å². The minimum absolute atomic E-state index is 0.0220. The van der Waals surface area contributed by atoms with Crippen LogP contribution < -0.4 is 5.32 Å². The molecule has 0 aliphatic rings. The number of benzene rings is 3. The number of aromatic nitrogens is 1. The van der Waals surface area contributed by atoms with Gasteiger partial charge in [-0.2, -0.15) is 5.26 Å². The quantitative estimate of drug-likeness (QED) is 0.159. The minimum Gasteiger partial charge on any atom is -0.342 e. The van der Waals surface area contributed by atoms with Crippen molar-refractivity contribution in [3.05, 3.63) is 110 Å². The molecule has 0 aliphatic carbocycles. The minimum atomic E-state index is -0.544. The Labute approximate surface area is 200 Å². The lowest BCUT2D eigenvalue weighted by Crippen LogP contribution is -2.13. The summed E-state index contributed by atoms with van der Waals surface area (Å²) in [4.78, 5) is 23.5. The Balaban J connectivity index is 1.67. The van der Waals surface area contributed by atoms with Crippen LogP contribution in [-0.4, -0.2) is 15.4 Å². The number of nitro benzene ring substituents is 1. The summed E-state index contributed by atoms with van der Waals surface area (Å²) < 4.78 is 1.94. The van der Waals surface area contributed by atoms with Gasteiger partial charge in [0, 0.05) is 52.1 Å². The van der Waals surface area contributed by atoms with Crippen LogP contribution in [0.25, 0.3) is 17.0 Å². The lowest BCUT2D eigenvalue weighted by Gasteiger charge is -2.06. The maximum Gasteiger partial charge on any atom is 0.269 e. The Kier molecular flexibility index (Phi) is 6.44. The number of non-ortho nitro benzene ring substituents is 1. The monoisotopic (exact) mass is 470 g/mol. The third-order valence-electron chi connectivity index (χ3n) is 5.39. The van der Waals surface area contributed by atoms with Crippen molar-refractivity contribution in [2.75, 3.05) is 5.32 Å². The Morgan fingerprint density at radius 3 is 2.71 bits per heavy atom. The van der Waals surface area contributed by atoms with Crippen molar-refractivity contribution in [2.24, 2.45) is 0 Å². The first-order chi connectivity index (χ1) is 16.4. The topological polar surface area (TPSA) is 101 Å². The van der Waals surface area contributed by atoms with Gasteiger partial charge in [0.2, 0.25) is 0 Å². The van der Waals surface area contributed by atoms with E-state index in [1.165, 1.54) is 18.2 Å². The first-order valence-corrected chi connectivity index (χ1v) is 10.7. The largest absolute Gasteiger partial charge is 0.342 e. The number of nitrogens with zero attached hydrogens (tertiary/aromatic N) is 3. The number of para-hydroxylation sites is 1. The zero-order valence-electron chi connectivity index (χ0n) is 18.2. The number of hydrogen-bond acceptors (Lipinski definition) is 4. The number of nitrogens with one attached hydrogen (secondary N) is 1. The van der Waals surface area contributed by atoms with E-state index in [0.29, 0.717) is 22.8 Å². The molecule has 1 aromatic heterocycles. The van der Waals surface area contributed by atoms with E-state index >= 15 is 0 Å². The highest BCUT2D eigenvalue weighted by Gasteiger charge is 2.14. The van der Waals surface area contributed by atoms with E-state index in [1.807, 2.05) is 54.1 Å². The molecule has 7 nitrogen and oxygen atoms in total. The van der Waals surface area contributed by atoms with Crippen LogP contribution in [0.1, 0.15) is 16.7 Å². The smallest absolute Gasteiger partial charge is 0.269 e. The van der Waals surface area contributed by atoms with Crippen LogP contribution in [0.5, 0.6) is 0 Å². The predicted molar refractivity (Wildman–Crippen MR) is 133 cm³/mol. The highest BCUT2D eigenvalue weighted by molar-refractivity contribution is 6.31. The van der Waals surface area contributed by atoms with E-state index in [4.69, 9.17) is 11.6 Å². The second-order valence-electron chi connectivity index (χ2n) is 7.74. The molecule has 168 valence electrons. The maximum atomic E-state index is 12.8. The Morgan fingerprint density at radius 1 is 1.18 bits per heavy atom. The SMILES string of the molecule is Cc1ccc(NC(=O)/C(C#N)=C\c2cn(Cc3cccc([N+](=O)[O-])c3)c3ccccc23)cc1Cl. The van der Waals surface area contributed by atoms with Crippen LogP contribution >= 0.6 is 11.6 Å². The number of hydrogen-bond donors (Lipinski definition) is 1. The number of carbonyl (C=O) groups excluding carboxylic acids is 1. The summed E-state index contributed by atoms with van der Waals surface area (Å²) in [5, 5.41) is 24.9. The lowest BCUT2D eigenvalue weighted by atomic mass is 10.1. The normalized spacial score (nSPS) is 11.3. The van der Waals surface area contributed by atoms with Gasteiger partial charge in [-0.15, -0.1) is 0 Å². The molecule has 3 aromatic carbocycles. The molecule has 4 rings (SSSR count). The fraction of sp³-hybridized carbons (Fsp3) is 0.0769. The molecule has 1 heterocycles. The average molecular weight is 471 g/mol. The molecule has 0 bridgehead atoms. The highest BCUT2D eigenvalue weighted by Crippen LogP contribution is 2.26. The number of amides is 1. The number of fused-ring (bicyclic) bond motifs is 1. The number of anilines is 1. The van der Waals surface area contributed by atoms with Gasteiger partial charge < -0.3 is 9.88 Å². The summed E-state index contributed by atoms with van der Waals surface area (Å²) in [6, 6.07) is 21.1. The average Bonchev–Trinajstić information content (AvgIpc) is 3.17. The van der Waals surface area contributed by atoms with Gasteiger partial charge >= 0.3 is 0 Å². The van der Waals surface area contributed by atoms with E-state index in [0.717, 1.165) is 22.0 Å². The van der Waals surface area contributed by atoms with Crippen molar-refractivity contribution in [3.63, 3.8) is 0 Å². The summed E-state index contributed by atoms with van der Waals surface area (Å²) in [6.07, 6.45) is 3.37. The molecule has 8 heteroatoms. The number of halogens is 1. The standard InChI is InChI=1S/C26H19ClN4O3/c1-17-9-10-21(13-24(17)27)29-26(32)19(14-28)12-20-16-30(25-8-3-2-7-23(20)25)15-18-5-4-6-22(11-18)31(33)34/h2-13,16H,15H2,1H3,(H,29,32)/b19-12-. The van der Waals surface area contributed by atoms with E-state index < -0.39 is 10.8 Å². The van der Waals surface area contributed by atoms with Gasteiger partial charge in [-0.25, -0.2) is 0 Å². The number of nitriles is 1. The van der Waals surface area contributed by atoms with E-state index in [9.17, 15) is 20.2 Å². The maximum absolute atomic E-state index is 12.8. The third-order valence-corrected chi connectivity index (χ3v) is 5.80. The van der Waals surface area contributed by atoms with Crippen molar-refractivity contribution < 1.29 is 9.72 Å². The molecule has 0 unspecified atom stereocenters. The molecular formula is C26H19ClN4O3. The first-order valence-electron chi connectivity index (χ1n) is 10.4. The molecule has 4 aromatic rings. The zero-order chi connectivity index (χ0) is 24.2. The van der Waals surface area contributed by atoms with Crippen LogP contribution in [-0.2, 0) is 11.3 Å². The number of nitro groups is 1. The van der Waals surface area contributed by atoms with Crippen LogP contribution in [0.15, 0.2) is 78.5 Å². The molecule has 0 spiro atoms. The molecule has 0 saturated heterocycles. The summed E-state index contributed by atoms with van der Waals surface area (Å²) in [6.45, 7) is 2.25. The fourth-order valence-corrected chi connectivity index (χ4v) is 3.84. The second kappa shape index (κ2) is 9.61. The van der Waals surface area contributed by atoms with Crippen LogP contribution in [0.4, 0.5) is 11.4 Å². The molecule has 0 fully saturated rings. The van der Waals surface area contributed by atoms with Crippen molar-refractivity contribution in [1.29, 1.82) is 5.26 Å². The van der Waals surface area contributed by atoms with Crippen LogP contribution in [0.2, 0.25) is 5.02 Å². The van der Waals surface area contributed by atoms with Crippen LogP contribution in [0.3, 0.4) is 0 Å². The molecule has 0 radical (unpaired) electrons. The molecule has 1 N–H and O–H groups in total. The van der Waals surface area contributed by atoms with Gasteiger partial charge in [0.25, 0.3) is 11.6 Å². The van der Waals surface area contributed by atoms with E-state index in [2.05, 4.69) is 5.32 Å². The fourth-order valence-electron chi connectivity index (χ4n) is 3.66. The Bertz CT molecular complexity index is 1500. The summed E-state index contributed by atoms with van der Waals surface area (Å²) in [7, 11) is 0. The van der Waals surface area contributed by atoms with Crippen LogP contribution in [0, 0.1) is 28.4 Å². The number of aryl methyl sites for hydroxylation is 1. The first kappa shape index (κ1) is 22.8. The zero-order valence-corrected chi connectivity index (χ0v) is 18.9. The molecule has 34 heavy (non-hydrogen) atoms. The molecule has 0 aliphatic heterocycles. The van der Waals surface area contributed by atoms with Crippen molar-refractivity contribution in [1.82, 2.24) is 4.57 Å². The molecule has 1 amide bonds. The summed E-state index contributed by atoms with van der Waals surface area (Å²) in [5.74, 6) is -0.544. The summed E-state index contributed by atoms with van der Waals surface area (Å²) in [5.41, 5.74) is 3.67. The molecule has 0 saturated carbocycles. The summed E-state index contributed by atoms with van der Waals surface area (Å²) >= 11 is 6.13. The highest BCUT2D eigenvalue weighted by atomic mass is 35.5. The van der Waals surface area contributed by atoms with Gasteiger partial charge in [-0.3, -0.25) is 14.9 Å². The van der Waals surface area contributed by atoms with E-state index in [-0.39, 0.29) is 11.3 Å². The number of rotatable bonds is 6. The lowest BCUT2D eigenvalue weighted by molar-refractivity contribution is -0.384. The van der Waals surface area contributed by atoms with E-state index in [1.54, 1.807) is 24.3 Å². The Hall–Kier alpha value is -4.41. The number of carbonyl (C=O) groups is 1. The molecular weight excluding hydrogens is 452 g/mol. The third kappa shape index (κ3) is 4.82. The van der Waals surface area contributed by atoms with Crippen molar-refractivity contribution in [3.8, 4) is 6.07 Å². The van der Waals surface area contributed by atoms with Gasteiger partial charge in [-0.05, 0) is 42.3 Å². The second-order valence-corrected chi connectivity index (χ2v) is 8.15. The van der Waals surface area contributed by atoms with Crippen molar-refractivity contribution in [2.45, 2.75) is 13.5 Å². The predicted octanol–water partition coefficient (Wildman–Crippen LogP) is 6.11. The Morgan fingerprint density at radius 2 is 1.97 bits per heavy atom. The van der Waals surface area contributed by atoms with Gasteiger partial charge in [0.15, 0.2) is 0 Å².